The van der Waals surface area contributed by atoms with E-state index in [1.807, 2.05) is 26.0 Å². The molecule has 0 bridgehead atoms. The van der Waals surface area contributed by atoms with Gasteiger partial charge in [0.05, 0.1) is 35.7 Å². The molecule has 150 valence electrons. The number of rotatable bonds is 5. The second-order valence-electron chi connectivity index (χ2n) is 7.33. The Balaban J connectivity index is 1.87. The number of amides is 1. The molecule has 1 fully saturated rings. The first kappa shape index (κ1) is 20.4. The van der Waals surface area contributed by atoms with Gasteiger partial charge in [-0.15, -0.1) is 0 Å². The van der Waals surface area contributed by atoms with Crippen molar-refractivity contribution in [3.05, 3.63) is 46.7 Å². The number of esters is 1. The van der Waals surface area contributed by atoms with Crippen LogP contribution in [0.3, 0.4) is 0 Å². The molecule has 1 aromatic carbocycles. The van der Waals surface area contributed by atoms with E-state index in [4.69, 9.17) is 16.3 Å². The summed E-state index contributed by atoms with van der Waals surface area (Å²) >= 11 is 5.99. The average molecular weight is 404 g/mol. The molecule has 7 heteroatoms. The number of aromatic nitrogens is 2. The number of ether oxygens (including phenoxy) is 1. The number of benzene rings is 1. The number of nitrogens with zero attached hydrogens (tertiary/aromatic N) is 3. The minimum absolute atomic E-state index is 0.0853. The lowest BCUT2D eigenvalue weighted by Gasteiger charge is -2.31. The van der Waals surface area contributed by atoms with Gasteiger partial charge in [0.15, 0.2) is 0 Å². The van der Waals surface area contributed by atoms with Crippen LogP contribution in [0, 0.1) is 5.92 Å². The van der Waals surface area contributed by atoms with Gasteiger partial charge in [0.1, 0.15) is 0 Å². The minimum Gasteiger partial charge on any atom is -0.466 e. The summed E-state index contributed by atoms with van der Waals surface area (Å²) in [5.41, 5.74) is 2.29. The first-order chi connectivity index (χ1) is 13.4. The molecule has 1 aliphatic rings. The van der Waals surface area contributed by atoms with Crippen LogP contribution < -0.4 is 0 Å². The largest absolute Gasteiger partial charge is 0.466 e. The Morgan fingerprint density at radius 1 is 1.29 bits per heavy atom. The molecule has 6 nitrogen and oxygen atoms in total. The molecule has 2 heterocycles. The lowest BCUT2D eigenvalue weighted by molar-refractivity contribution is -0.149. The van der Waals surface area contributed by atoms with Crippen molar-refractivity contribution in [2.45, 2.75) is 39.5 Å². The lowest BCUT2D eigenvalue weighted by Crippen LogP contribution is -2.43. The van der Waals surface area contributed by atoms with Gasteiger partial charge in [-0.3, -0.25) is 9.59 Å². The summed E-state index contributed by atoms with van der Waals surface area (Å²) in [4.78, 5) is 27.1. The van der Waals surface area contributed by atoms with Crippen LogP contribution in [0.15, 0.2) is 30.5 Å². The van der Waals surface area contributed by atoms with E-state index in [0.717, 1.165) is 24.2 Å². The topological polar surface area (TPSA) is 64.4 Å². The summed E-state index contributed by atoms with van der Waals surface area (Å²) < 4.78 is 6.94. The zero-order chi connectivity index (χ0) is 20.3. The molecule has 1 atom stereocenters. The van der Waals surface area contributed by atoms with Crippen molar-refractivity contribution >= 4 is 23.5 Å². The monoisotopic (exact) mass is 403 g/mol. The van der Waals surface area contributed by atoms with Crippen molar-refractivity contribution in [1.82, 2.24) is 14.7 Å². The molecule has 0 saturated carbocycles. The first-order valence-corrected chi connectivity index (χ1v) is 10.1. The Morgan fingerprint density at radius 3 is 2.64 bits per heavy atom. The molecule has 0 spiro atoms. The second kappa shape index (κ2) is 8.78. The number of hydrogen-bond acceptors (Lipinski definition) is 4. The quantitative estimate of drug-likeness (QED) is 0.706. The number of halogens is 1. The van der Waals surface area contributed by atoms with Gasteiger partial charge in [-0.05, 0) is 49.9 Å². The molecule has 0 radical (unpaired) electrons. The van der Waals surface area contributed by atoms with Gasteiger partial charge in [-0.2, -0.15) is 5.10 Å². The molecule has 2 aromatic rings. The van der Waals surface area contributed by atoms with Crippen LogP contribution in [0.5, 0.6) is 0 Å². The minimum atomic E-state index is -0.258. The summed E-state index contributed by atoms with van der Waals surface area (Å²) in [6.45, 7) is 7.26. The van der Waals surface area contributed by atoms with Gasteiger partial charge >= 0.3 is 5.97 Å². The fraction of sp³-hybridized carbons (Fsp3) is 0.476. The van der Waals surface area contributed by atoms with Crippen molar-refractivity contribution in [3.63, 3.8) is 0 Å². The normalized spacial score (nSPS) is 17.0. The van der Waals surface area contributed by atoms with Crippen LogP contribution in [0.25, 0.3) is 5.69 Å². The van der Waals surface area contributed by atoms with Gasteiger partial charge < -0.3 is 9.64 Å². The standard InChI is InChI=1S/C21H26ClN3O3/c1-4-28-21(27)15-6-5-11-24(13-15)20(26)18-12-23-25(19(18)14(2)3)17-9-7-16(22)8-10-17/h7-10,12,14-15H,4-6,11,13H2,1-3H3/t15-/m0/s1. The SMILES string of the molecule is CCOC(=O)[C@H]1CCCN(C(=O)c2cnn(-c3ccc(Cl)cc3)c2C(C)C)C1. The van der Waals surface area contributed by atoms with Crippen LogP contribution in [0.2, 0.25) is 5.02 Å². The molecule has 0 aliphatic carbocycles. The predicted molar refractivity (Wildman–Crippen MR) is 108 cm³/mol. The maximum absolute atomic E-state index is 13.2. The highest BCUT2D eigenvalue weighted by Gasteiger charge is 2.32. The van der Waals surface area contributed by atoms with Crippen LogP contribution in [-0.4, -0.2) is 46.3 Å². The van der Waals surface area contributed by atoms with E-state index in [1.54, 1.807) is 34.8 Å². The van der Waals surface area contributed by atoms with E-state index < -0.39 is 0 Å². The average Bonchev–Trinajstić information content (AvgIpc) is 3.13. The van der Waals surface area contributed by atoms with Gasteiger partial charge in [0.25, 0.3) is 5.91 Å². The molecule has 1 amide bonds. The van der Waals surface area contributed by atoms with Crippen LogP contribution in [0.4, 0.5) is 0 Å². The smallest absolute Gasteiger partial charge is 0.310 e. The highest BCUT2D eigenvalue weighted by atomic mass is 35.5. The van der Waals surface area contributed by atoms with Crippen LogP contribution >= 0.6 is 11.6 Å². The van der Waals surface area contributed by atoms with Gasteiger partial charge in [-0.25, -0.2) is 4.68 Å². The van der Waals surface area contributed by atoms with Crippen molar-refractivity contribution in [1.29, 1.82) is 0 Å². The van der Waals surface area contributed by atoms with E-state index in [1.165, 1.54) is 0 Å². The van der Waals surface area contributed by atoms with E-state index in [-0.39, 0.29) is 23.7 Å². The number of carbonyl (C=O) groups excluding carboxylic acids is 2. The van der Waals surface area contributed by atoms with Crippen molar-refractivity contribution in [2.75, 3.05) is 19.7 Å². The van der Waals surface area contributed by atoms with Crippen molar-refractivity contribution < 1.29 is 14.3 Å². The third-order valence-electron chi connectivity index (χ3n) is 4.98. The Morgan fingerprint density at radius 2 is 2.00 bits per heavy atom. The fourth-order valence-corrected chi connectivity index (χ4v) is 3.78. The molecule has 3 rings (SSSR count). The second-order valence-corrected chi connectivity index (χ2v) is 7.77. The van der Waals surface area contributed by atoms with Gasteiger partial charge in [-0.1, -0.05) is 25.4 Å². The van der Waals surface area contributed by atoms with Crippen molar-refractivity contribution in [2.24, 2.45) is 5.92 Å². The Kier molecular flexibility index (Phi) is 6.39. The summed E-state index contributed by atoms with van der Waals surface area (Å²) in [5.74, 6) is -0.465. The molecule has 0 unspecified atom stereocenters. The summed E-state index contributed by atoms with van der Waals surface area (Å²) in [6, 6.07) is 7.37. The summed E-state index contributed by atoms with van der Waals surface area (Å²) in [7, 11) is 0. The lowest BCUT2D eigenvalue weighted by atomic mass is 9.97. The Labute approximate surface area is 170 Å². The summed E-state index contributed by atoms with van der Waals surface area (Å²) in [6.07, 6.45) is 3.17. The van der Waals surface area contributed by atoms with Gasteiger partial charge in [0, 0.05) is 18.1 Å². The number of piperidine rings is 1. The number of carbonyl (C=O) groups is 2. The Bertz CT molecular complexity index is 845. The van der Waals surface area contributed by atoms with E-state index >= 15 is 0 Å². The molecule has 0 N–H and O–H groups in total. The zero-order valence-corrected chi connectivity index (χ0v) is 17.3. The molecule has 1 aliphatic heterocycles. The number of hydrogen-bond donors (Lipinski definition) is 0. The highest BCUT2D eigenvalue weighted by molar-refractivity contribution is 6.30. The zero-order valence-electron chi connectivity index (χ0n) is 16.5. The Hall–Kier alpha value is -2.34. The molecule has 1 aromatic heterocycles. The fourth-order valence-electron chi connectivity index (χ4n) is 3.65. The van der Waals surface area contributed by atoms with Crippen LogP contribution in [-0.2, 0) is 9.53 Å². The third-order valence-corrected chi connectivity index (χ3v) is 5.24. The molecular formula is C21H26ClN3O3. The maximum atomic E-state index is 13.2. The number of likely N-dealkylation sites (tertiary alicyclic amines) is 1. The first-order valence-electron chi connectivity index (χ1n) is 9.72. The van der Waals surface area contributed by atoms with E-state index in [9.17, 15) is 9.59 Å². The summed E-state index contributed by atoms with van der Waals surface area (Å²) in [5, 5.41) is 5.12. The van der Waals surface area contributed by atoms with Crippen molar-refractivity contribution in [3.8, 4) is 5.69 Å². The van der Waals surface area contributed by atoms with Gasteiger partial charge in [0.2, 0.25) is 0 Å². The predicted octanol–water partition coefficient (Wildman–Crippen LogP) is 4.06. The molecule has 28 heavy (non-hydrogen) atoms. The maximum Gasteiger partial charge on any atom is 0.310 e. The highest BCUT2D eigenvalue weighted by Crippen LogP contribution is 2.27. The van der Waals surface area contributed by atoms with Crippen LogP contribution in [0.1, 0.15) is 55.6 Å². The molecule has 1 saturated heterocycles. The molecular weight excluding hydrogens is 378 g/mol. The van der Waals surface area contributed by atoms with E-state index in [0.29, 0.717) is 30.3 Å². The third kappa shape index (κ3) is 4.22. The van der Waals surface area contributed by atoms with E-state index in [2.05, 4.69) is 5.10 Å².